The van der Waals surface area contributed by atoms with Crippen molar-refractivity contribution in [1.29, 1.82) is 0 Å². The van der Waals surface area contributed by atoms with Gasteiger partial charge in [-0.25, -0.2) is 8.42 Å². The second kappa shape index (κ2) is 11.0. The third-order valence-corrected chi connectivity index (χ3v) is 6.53. The number of aryl methyl sites for hydroxylation is 1. The Morgan fingerprint density at radius 2 is 1.64 bits per heavy atom. The molecule has 0 radical (unpaired) electrons. The van der Waals surface area contributed by atoms with E-state index in [1.165, 1.54) is 10.6 Å². The molecule has 0 heterocycles. The van der Waals surface area contributed by atoms with Crippen molar-refractivity contribution in [2.75, 3.05) is 24.2 Å². The Bertz CT molecular complexity index is 1160. The van der Waals surface area contributed by atoms with E-state index in [4.69, 9.17) is 4.74 Å². The van der Waals surface area contributed by atoms with Crippen LogP contribution in [-0.2, 0) is 14.8 Å². The molecule has 1 N–H and O–H groups in total. The lowest BCUT2D eigenvalue weighted by atomic mass is 9.97. The van der Waals surface area contributed by atoms with Crippen molar-refractivity contribution in [3.05, 3.63) is 95.6 Å². The van der Waals surface area contributed by atoms with E-state index in [9.17, 15) is 13.2 Å². The van der Waals surface area contributed by atoms with Gasteiger partial charge >= 0.3 is 0 Å². The SMILES string of the molecule is COc1ccc(N(CCCC(=O)N[C@@H](c2ccccc2)c2cccc(C)c2)S(C)(=O)=O)cc1. The van der Waals surface area contributed by atoms with Crippen LogP contribution in [0.3, 0.4) is 0 Å². The molecule has 0 saturated carbocycles. The Balaban J connectivity index is 1.68. The van der Waals surface area contributed by atoms with Crippen LogP contribution in [0.5, 0.6) is 5.75 Å². The summed E-state index contributed by atoms with van der Waals surface area (Å²) in [7, 11) is -1.93. The van der Waals surface area contributed by atoms with Gasteiger partial charge in [0.1, 0.15) is 5.75 Å². The van der Waals surface area contributed by atoms with Crippen LogP contribution < -0.4 is 14.4 Å². The monoisotopic (exact) mass is 466 g/mol. The lowest BCUT2D eigenvalue weighted by Crippen LogP contribution is -2.33. The van der Waals surface area contributed by atoms with Crippen LogP contribution in [0.2, 0.25) is 0 Å². The Hall–Kier alpha value is -3.32. The van der Waals surface area contributed by atoms with Crippen molar-refractivity contribution in [3.63, 3.8) is 0 Å². The average Bonchev–Trinajstić information content (AvgIpc) is 2.80. The summed E-state index contributed by atoms with van der Waals surface area (Å²) in [6.45, 7) is 2.23. The average molecular weight is 467 g/mol. The number of rotatable bonds is 10. The molecule has 1 amide bonds. The predicted octanol–water partition coefficient (Wildman–Crippen LogP) is 4.46. The van der Waals surface area contributed by atoms with E-state index >= 15 is 0 Å². The molecule has 0 aliphatic heterocycles. The molecule has 0 unspecified atom stereocenters. The van der Waals surface area contributed by atoms with E-state index < -0.39 is 10.0 Å². The summed E-state index contributed by atoms with van der Waals surface area (Å²) in [4.78, 5) is 12.8. The summed E-state index contributed by atoms with van der Waals surface area (Å²) in [5.74, 6) is 0.517. The molecule has 0 aromatic heterocycles. The number of benzene rings is 3. The highest BCUT2D eigenvalue weighted by molar-refractivity contribution is 7.92. The molecule has 3 aromatic carbocycles. The number of anilines is 1. The van der Waals surface area contributed by atoms with Gasteiger partial charge in [-0.15, -0.1) is 0 Å². The zero-order chi connectivity index (χ0) is 23.8. The summed E-state index contributed by atoms with van der Waals surface area (Å²) in [5, 5.41) is 3.12. The zero-order valence-electron chi connectivity index (χ0n) is 19.2. The minimum Gasteiger partial charge on any atom is -0.497 e. The zero-order valence-corrected chi connectivity index (χ0v) is 20.0. The Morgan fingerprint density at radius 3 is 2.24 bits per heavy atom. The quantitative estimate of drug-likeness (QED) is 0.479. The molecule has 3 rings (SSSR count). The van der Waals surface area contributed by atoms with Crippen LogP contribution in [0.25, 0.3) is 0 Å². The first kappa shape index (κ1) is 24.3. The third-order valence-electron chi connectivity index (χ3n) is 5.34. The highest BCUT2D eigenvalue weighted by Gasteiger charge is 2.20. The van der Waals surface area contributed by atoms with Gasteiger partial charge in [0.15, 0.2) is 0 Å². The van der Waals surface area contributed by atoms with Crippen LogP contribution in [-0.4, -0.2) is 34.2 Å². The topological polar surface area (TPSA) is 75.7 Å². The number of hydrogen-bond donors (Lipinski definition) is 1. The van der Waals surface area contributed by atoms with Gasteiger partial charge in [-0.2, -0.15) is 0 Å². The van der Waals surface area contributed by atoms with Gasteiger partial charge in [-0.3, -0.25) is 9.10 Å². The molecule has 0 aliphatic rings. The van der Waals surface area contributed by atoms with Gasteiger partial charge in [0.05, 0.1) is 25.1 Å². The fourth-order valence-corrected chi connectivity index (χ4v) is 4.67. The van der Waals surface area contributed by atoms with Gasteiger partial charge in [0.2, 0.25) is 15.9 Å². The molecule has 0 saturated heterocycles. The molecule has 0 bridgehead atoms. The third kappa shape index (κ3) is 6.83. The van der Waals surface area contributed by atoms with E-state index in [1.54, 1.807) is 31.4 Å². The Labute approximate surface area is 196 Å². The van der Waals surface area contributed by atoms with E-state index in [2.05, 4.69) is 11.4 Å². The Kier molecular flexibility index (Phi) is 8.11. The second-order valence-corrected chi connectivity index (χ2v) is 9.87. The summed E-state index contributed by atoms with van der Waals surface area (Å²) in [6.07, 6.45) is 1.76. The maximum atomic E-state index is 12.8. The number of carbonyl (C=O) groups excluding carboxylic acids is 1. The second-order valence-electron chi connectivity index (χ2n) is 7.96. The van der Waals surface area contributed by atoms with Crippen LogP contribution in [0.1, 0.15) is 35.6 Å². The lowest BCUT2D eigenvalue weighted by molar-refractivity contribution is -0.121. The number of nitrogens with one attached hydrogen (secondary N) is 1. The molecule has 6 nitrogen and oxygen atoms in total. The first-order chi connectivity index (χ1) is 15.8. The summed E-state index contributed by atoms with van der Waals surface area (Å²) in [5.41, 5.74) is 3.66. The van der Waals surface area contributed by atoms with Crippen molar-refractivity contribution < 1.29 is 17.9 Å². The molecule has 0 fully saturated rings. The van der Waals surface area contributed by atoms with Crippen LogP contribution in [0.4, 0.5) is 5.69 Å². The maximum absolute atomic E-state index is 12.8. The van der Waals surface area contributed by atoms with Crippen molar-refractivity contribution in [3.8, 4) is 5.75 Å². The van der Waals surface area contributed by atoms with Crippen molar-refractivity contribution in [2.24, 2.45) is 0 Å². The van der Waals surface area contributed by atoms with Gasteiger partial charge in [-0.05, 0) is 48.7 Å². The smallest absolute Gasteiger partial charge is 0.232 e. The van der Waals surface area contributed by atoms with Gasteiger partial charge in [0, 0.05) is 13.0 Å². The number of amides is 1. The van der Waals surface area contributed by atoms with Crippen LogP contribution in [0, 0.1) is 6.92 Å². The largest absolute Gasteiger partial charge is 0.497 e. The number of nitrogens with zero attached hydrogens (tertiary/aromatic N) is 1. The first-order valence-electron chi connectivity index (χ1n) is 10.8. The van der Waals surface area contributed by atoms with Crippen LogP contribution in [0.15, 0.2) is 78.9 Å². The normalized spacial score (nSPS) is 12.1. The molecule has 1 atom stereocenters. The highest BCUT2D eigenvalue weighted by Crippen LogP contribution is 2.24. The highest BCUT2D eigenvalue weighted by atomic mass is 32.2. The minimum atomic E-state index is -3.49. The molecular formula is C26H30N2O4S. The molecular weight excluding hydrogens is 436 g/mol. The first-order valence-corrected chi connectivity index (χ1v) is 12.7. The number of sulfonamides is 1. The molecule has 174 valence electrons. The van der Waals surface area contributed by atoms with Gasteiger partial charge in [0.25, 0.3) is 0 Å². The van der Waals surface area contributed by atoms with Crippen molar-refractivity contribution in [1.82, 2.24) is 5.32 Å². The van der Waals surface area contributed by atoms with E-state index in [0.717, 1.165) is 16.7 Å². The molecule has 33 heavy (non-hydrogen) atoms. The van der Waals surface area contributed by atoms with Crippen molar-refractivity contribution in [2.45, 2.75) is 25.8 Å². The fourth-order valence-electron chi connectivity index (χ4n) is 3.71. The summed E-state index contributed by atoms with van der Waals surface area (Å²) in [6, 6.07) is 24.4. The number of hydrogen-bond acceptors (Lipinski definition) is 4. The number of ether oxygens (including phenoxy) is 1. The number of carbonyl (C=O) groups is 1. The lowest BCUT2D eigenvalue weighted by Gasteiger charge is -2.23. The summed E-state index contributed by atoms with van der Waals surface area (Å²) < 4.78 is 31.1. The van der Waals surface area contributed by atoms with Gasteiger partial charge in [-0.1, -0.05) is 60.2 Å². The van der Waals surface area contributed by atoms with E-state index in [-0.39, 0.29) is 24.9 Å². The number of methoxy groups -OCH3 is 1. The van der Waals surface area contributed by atoms with E-state index in [1.807, 2.05) is 55.5 Å². The van der Waals surface area contributed by atoms with Gasteiger partial charge < -0.3 is 10.1 Å². The molecule has 0 aliphatic carbocycles. The van der Waals surface area contributed by atoms with Crippen LogP contribution >= 0.6 is 0 Å². The van der Waals surface area contributed by atoms with E-state index in [0.29, 0.717) is 17.9 Å². The minimum absolute atomic E-state index is 0.131. The molecule has 3 aromatic rings. The Morgan fingerprint density at radius 1 is 0.970 bits per heavy atom. The standard InChI is InChI=1S/C26H30N2O4S/c1-20-9-7-12-22(19-20)26(21-10-5-4-6-11-21)27-25(29)13-8-18-28(33(3,30)31)23-14-16-24(32-2)17-15-23/h4-7,9-12,14-17,19,26H,8,13,18H2,1-3H3,(H,27,29)/t26-/m0/s1. The fraction of sp³-hybridized carbons (Fsp3) is 0.269. The summed E-state index contributed by atoms with van der Waals surface area (Å²) >= 11 is 0. The molecule has 7 heteroatoms. The molecule has 0 spiro atoms. The maximum Gasteiger partial charge on any atom is 0.232 e. The predicted molar refractivity (Wildman–Crippen MR) is 132 cm³/mol. The van der Waals surface area contributed by atoms with Crippen molar-refractivity contribution >= 4 is 21.6 Å².